The molecule has 0 saturated carbocycles. The van der Waals surface area contributed by atoms with Crippen LogP contribution in [-0.2, 0) is 6.54 Å². The number of aryl methyl sites for hydroxylation is 2. The Labute approximate surface area is 130 Å². The third kappa shape index (κ3) is 2.96. The van der Waals surface area contributed by atoms with Crippen LogP contribution in [0.5, 0.6) is 0 Å². The second-order valence-electron chi connectivity index (χ2n) is 5.09. The molecule has 0 unspecified atom stereocenters. The van der Waals surface area contributed by atoms with Crippen molar-refractivity contribution in [2.45, 2.75) is 20.4 Å². The summed E-state index contributed by atoms with van der Waals surface area (Å²) in [5, 5.41) is 3.34. The van der Waals surface area contributed by atoms with Crippen molar-refractivity contribution in [2.75, 3.05) is 18.0 Å². The first-order valence-corrected chi connectivity index (χ1v) is 6.84. The van der Waals surface area contributed by atoms with E-state index < -0.39 is 0 Å². The van der Waals surface area contributed by atoms with E-state index in [-0.39, 0.29) is 18.3 Å². The van der Waals surface area contributed by atoms with Crippen LogP contribution in [0, 0.1) is 13.8 Å². The highest BCUT2D eigenvalue weighted by Crippen LogP contribution is 2.25. The summed E-state index contributed by atoms with van der Waals surface area (Å²) in [5.74, 6) is 1.46. The molecule has 0 saturated heterocycles. The maximum atomic E-state index is 12.8. The lowest BCUT2D eigenvalue weighted by Crippen LogP contribution is -2.34. The number of nitrogens with zero attached hydrogens (tertiary/aromatic N) is 1. The highest BCUT2D eigenvalue weighted by atomic mass is 35.5. The standard InChI is InChI=1S/C16H18N2O2.ClH/c1-11-9-14(12(2)20-11)16(19)18-8-7-17-10-13-5-3-4-6-15(13)18;/h3-6,9,17H,7-8,10H2,1-2H3;1H. The lowest BCUT2D eigenvalue weighted by atomic mass is 10.1. The van der Waals surface area contributed by atoms with E-state index in [1.165, 1.54) is 0 Å². The Bertz CT molecular complexity index is 651. The summed E-state index contributed by atoms with van der Waals surface area (Å²) >= 11 is 0. The van der Waals surface area contributed by atoms with Crippen molar-refractivity contribution in [2.24, 2.45) is 0 Å². The fraction of sp³-hybridized carbons (Fsp3) is 0.312. The quantitative estimate of drug-likeness (QED) is 0.880. The van der Waals surface area contributed by atoms with Gasteiger partial charge in [0, 0.05) is 25.3 Å². The first-order valence-electron chi connectivity index (χ1n) is 6.84. The lowest BCUT2D eigenvalue weighted by Gasteiger charge is -2.22. The zero-order valence-electron chi connectivity index (χ0n) is 12.2. The number of fused-ring (bicyclic) bond motifs is 1. The molecule has 0 bridgehead atoms. The number of rotatable bonds is 1. The van der Waals surface area contributed by atoms with Crippen LogP contribution in [0.25, 0.3) is 0 Å². The molecule has 1 amide bonds. The van der Waals surface area contributed by atoms with Crippen LogP contribution < -0.4 is 10.2 Å². The van der Waals surface area contributed by atoms with Crippen LogP contribution in [-0.4, -0.2) is 19.0 Å². The number of anilines is 1. The molecule has 5 heteroatoms. The topological polar surface area (TPSA) is 45.5 Å². The molecule has 0 atom stereocenters. The van der Waals surface area contributed by atoms with Crippen LogP contribution in [0.4, 0.5) is 5.69 Å². The van der Waals surface area contributed by atoms with Crippen molar-refractivity contribution in [1.82, 2.24) is 5.32 Å². The molecule has 1 aliphatic rings. The van der Waals surface area contributed by atoms with Crippen molar-refractivity contribution in [1.29, 1.82) is 0 Å². The minimum atomic E-state index is 0. The van der Waals surface area contributed by atoms with Crippen LogP contribution in [0.15, 0.2) is 34.7 Å². The number of halogens is 1. The van der Waals surface area contributed by atoms with Gasteiger partial charge in [0.2, 0.25) is 0 Å². The monoisotopic (exact) mass is 306 g/mol. The van der Waals surface area contributed by atoms with Gasteiger partial charge in [-0.2, -0.15) is 0 Å². The van der Waals surface area contributed by atoms with Crippen molar-refractivity contribution in [3.05, 3.63) is 53.0 Å². The molecule has 0 radical (unpaired) electrons. The van der Waals surface area contributed by atoms with Crippen molar-refractivity contribution < 1.29 is 9.21 Å². The summed E-state index contributed by atoms with van der Waals surface area (Å²) in [6.07, 6.45) is 0. The minimum absolute atomic E-state index is 0. The Morgan fingerprint density at radius 1 is 1.29 bits per heavy atom. The highest BCUT2D eigenvalue weighted by molar-refractivity contribution is 6.07. The highest BCUT2D eigenvalue weighted by Gasteiger charge is 2.24. The van der Waals surface area contributed by atoms with Gasteiger partial charge in [-0.15, -0.1) is 12.4 Å². The molecule has 0 fully saturated rings. The molecule has 4 nitrogen and oxygen atoms in total. The molecular weight excluding hydrogens is 288 g/mol. The van der Waals surface area contributed by atoms with E-state index in [1.54, 1.807) is 0 Å². The molecule has 1 N–H and O–H groups in total. The average molecular weight is 307 g/mol. The van der Waals surface area contributed by atoms with Gasteiger partial charge in [-0.3, -0.25) is 4.79 Å². The van der Waals surface area contributed by atoms with Gasteiger partial charge in [-0.25, -0.2) is 0 Å². The number of para-hydroxylation sites is 1. The summed E-state index contributed by atoms with van der Waals surface area (Å²) in [5.41, 5.74) is 2.79. The van der Waals surface area contributed by atoms with Gasteiger partial charge in [0.25, 0.3) is 5.91 Å². The number of amides is 1. The van der Waals surface area contributed by atoms with Crippen LogP contribution >= 0.6 is 12.4 Å². The molecule has 2 heterocycles. The maximum Gasteiger partial charge on any atom is 0.261 e. The van der Waals surface area contributed by atoms with Gasteiger partial charge in [0.1, 0.15) is 11.5 Å². The maximum absolute atomic E-state index is 12.8. The number of hydrogen-bond acceptors (Lipinski definition) is 3. The normalized spacial score (nSPS) is 14.1. The van der Waals surface area contributed by atoms with E-state index in [0.717, 1.165) is 30.1 Å². The number of nitrogens with one attached hydrogen (secondary N) is 1. The van der Waals surface area contributed by atoms with Gasteiger partial charge in [0.15, 0.2) is 0 Å². The zero-order valence-corrected chi connectivity index (χ0v) is 13.0. The first kappa shape index (κ1) is 15.6. The summed E-state index contributed by atoms with van der Waals surface area (Å²) in [7, 11) is 0. The minimum Gasteiger partial charge on any atom is -0.466 e. The van der Waals surface area contributed by atoms with Crippen LogP contribution in [0.3, 0.4) is 0 Å². The Morgan fingerprint density at radius 2 is 2.05 bits per heavy atom. The Hall–Kier alpha value is -1.78. The molecule has 2 aromatic rings. The Kier molecular flexibility index (Phi) is 4.70. The third-order valence-corrected chi connectivity index (χ3v) is 3.63. The van der Waals surface area contributed by atoms with Crippen molar-refractivity contribution in [3.8, 4) is 0 Å². The molecule has 0 aliphatic carbocycles. The predicted molar refractivity (Wildman–Crippen MR) is 85.3 cm³/mol. The third-order valence-electron chi connectivity index (χ3n) is 3.63. The largest absolute Gasteiger partial charge is 0.466 e. The van der Waals surface area contributed by atoms with E-state index in [4.69, 9.17) is 4.42 Å². The van der Waals surface area contributed by atoms with Crippen molar-refractivity contribution >= 4 is 24.0 Å². The Morgan fingerprint density at radius 3 is 2.76 bits per heavy atom. The summed E-state index contributed by atoms with van der Waals surface area (Å²) in [4.78, 5) is 14.6. The first-order chi connectivity index (χ1) is 9.66. The van der Waals surface area contributed by atoms with E-state index >= 15 is 0 Å². The van der Waals surface area contributed by atoms with Crippen molar-refractivity contribution in [3.63, 3.8) is 0 Å². The van der Waals surface area contributed by atoms with Gasteiger partial charge in [-0.05, 0) is 31.5 Å². The van der Waals surface area contributed by atoms with E-state index in [0.29, 0.717) is 17.9 Å². The number of carbonyl (C=O) groups is 1. The average Bonchev–Trinajstić information content (AvgIpc) is 2.66. The van der Waals surface area contributed by atoms with E-state index in [1.807, 2.05) is 43.0 Å². The molecule has 1 aromatic carbocycles. The lowest BCUT2D eigenvalue weighted by molar-refractivity contribution is 0.0986. The van der Waals surface area contributed by atoms with Gasteiger partial charge in [0.05, 0.1) is 5.56 Å². The van der Waals surface area contributed by atoms with Crippen LogP contribution in [0.2, 0.25) is 0 Å². The number of benzene rings is 1. The van der Waals surface area contributed by atoms with Gasteiger partial charge >= 0.3 is 0 Å². The fourth-order valence-electron chi connectivity index (χ4n) is 2.66. The summed E-state index contributed by atoms with van der Waals surface area (Å²) in [6.45, 7) is 5.95. The SMILES string of the molecule is Cc1cc(C(=O)N2CCNCc3ccccc32)c(C)o1.Cl. The van der Waals surface area contributed by atoms with Gasteiger partial charge in [-0.1, -0.05) is 18.2 Å². The summed E-state index contributed by atoms with van der Waals surface area (Å²) < 4.78 is 5.48. The molecule has 1 aliphatic heterocycles. The molecule has 0 spiro atoms. The number of hydrogen-bond donors (Lipinski definition) is 1. The van der Waals surface area contributed by atoms with Gasteiger partial charge < -0.3 is 14.6 Å². The van der Waals surface area contributed by atoms with E-state index in [2.05, 4.69) is 11.4 Å². The summed E-state index contributed by atoms with van der Waals surface area (Å²) in [6, 6.07) is 9.85. The Balaban J connectivity index is 0.00000161. The second-order valence-corrected chi connectivity index (χ2v) is 5.09. The zero-order chi connectivity index (χ0) is 14.1. The van der Waals surface area contributed by atoms with E-state index in [9.17, 15) is 4.79 Å². The molecule has 3 rings (SSSR count). The molecular formula is C16H19ClN2O2. The molecule has 112 valence electrons. The number of carbonyl (C=O) groups excluding carboxylic acids is 1. The second kappa shape index (κ2) is 6.33. The fourth-order valence-corrected chi connectivity index (χ4v) is 2.66. The predicted octanol–water partition coefficient (Wildman–Crippen LogP) is 3.07. The smallest absolute Gasteiger partial charge is 0.261 e. The molecule has 21 heavy (non-hydrogen) atoms. The van der Waals surface area contributed by atoms with Crippen LogP contribution in [0.1, 0.15) is 27.4 Å². The number of furan rings is 1. The molecule has 1 aromatic heterocycles.